The number of hydrogen-bond donors (Lipinski definition) is 2. The van der Waals surface area contributed by atoms with Crippen LogP contribution in [0.5, 0.6) is 5.75 Å². The van der Waals surface area contributed by atoms with Gasteiger partial charge in [0, 0.05) is 6.07 Å². The quantitative estimate of drug-likeness (QED) is 0.659. The number of aromatic hydroxyl groups is 1. The first-order valence-corrected chi connectivity index (χ1v) is 3.43. The van der Waals surface area contributed by atoms with Crippen LogP contribution in [0.4, 0.5) is 5.82 Å². The molecule has 0 aliphatic rings. The van der Waals surface area contributed by atoms with Gasteiger partial charge >= 0.3 is 0 Å². The highest BCUT2D eigenvalue weighted by atomic mass is 16.7. The van der Waals surface area contributed by atoms with Crippen molar-refractivity contribution < 1.29 is 9.94 Å². The third-order valence-electron chi connectivity index (χ3n) is 1.12. The second-order valence-corrected chi connectivity index (χ2v) is 2.60. The highest BCUT2D eigenvalue weighted by Crippen LogP contribution is 2.14. The van der Waals surface area contributed by atoms with Gasteiger partial charge in [0.15, 0.2) is 0 Å². The third kappa shape index (κ3) is 1.80. The summed E-state index contributed by atoms with van der Waals surface area (Å²) in [6, 6.07) is 1.43. The van der Waals surface area contributed by atoms with Crippen molar-refractivity contribution in [2.45, 2.75) is 20.0 Å². The molecule has 11 heavy (non-hydrogen) atoms. The lowest BCUT2D eigenvalue weighted by atomic mass is 10.5. The van der Waals surface area contributed by atoms with Crippen LogP contribution in [-0.4, -0.2) is 15.9 Å². The maximum Gasteiger partial charge on any atom is 0.143 e. The average molecular weight is 156 g/mol. The molecule has 4 nitrogen and oxygen atoms in total. The van der Waals surface area contributed by atoms with Crippen molar-refractivity contribution in [3.63, 3.8) is 0 Å². The molecule has 4 heteroatoms. The molecule has 0 aliphatic heterocycles. The number of nitrogen functional groups attached to an aromatic ring is 1. The highest BCUT2D eigenvalue weighted by molar-refractivity contribution is 5.37. The Hall–Kier alpha value is -1.32. The Labute approximate surface area is 65.1 Å². The highest BCUT2D eigenvalue weighted by Gasteiger charge is 2.02. The van der Waals surface area contributed by atoms with Crippen molar-refractivity contribution in [2.24, 2.45) is 0 Å². The van der Waals surface area contributed by atoms with Crippen LogP contribution in [0.2, 0.25) is 0 Å². The van der Waals surface area contributed by atoms with Crippen LogP contribution in [0.25, 0.3) is 0 Å². The normalized spacial score (nSPS) is 10.5. The molecule has 1 heterocycles. The van der Waals surface area contributed by atoms with Crippen LogP contribution < -0.4 is 10.6 Å². The number of anilines is 1. The van der Waals surface area contributed by atoms with Gasteiger partial charge in [0.1, 0.15) is 17.7 Å². The number of rotatable bonds is 2. The summed E-state index contributed by atoms with van der Waals surface area (Å²) < 4.78 is 1.35. The molecule has 62 valence electrons. The molecule has 0 saturated heterocycles. The summed E-state index contributed by atoms with van der Waals surface area (Å²) in [4.78, 5) is 5.20. The van der Waals surface area contributed by atoms with E-state index in [4.69, 9.17) is 15.7 Å². The fourth-order valence-corrected chi connectivity index (χ4v) is 0.765. The van der Waals surface area contributed by atoms with Gasteiger partial charge < -0.3 is 15.7 Å². The number of nitrogens with zero attached hydrogens (tertiary/aromatic N) is 1. The smallest absolute Gasteiger partial charge is 0.143 e. The lowest BCUT2D eigenvalue weighted by molar-refractivity contribution is 0.0640. The van der Waals surface area contributed by atoms with Crippen molar-refractivity contribution in [3.8, 4) is 5.75 Å². The van der Waals surface area contributed by atoms with Gasteiger partial charge in [-0.3, -0.25) is 0 Å². The molecule has 1 aromatic heterocycles. The van der Waals surface area contributed by atoms with E-state index in [2.05, 4.69) is 0 Å². The first-order valence-electron chi connectivity index (χ1n) is 3.43. The van der Waals surface area contributed by atoms with Crippen LogP contribution in [0.1, 0.15) is 13.8 Å². The zero-order valence-electron chi connectivity index (χ0n) is 6.61. The SMILES string of the molecule is CC(C)On1cc(O)cc1N. The van der Waals surface area contributed by atoms with Gasteiger partial charge in [0.2, 0.25) is 0 Å². The van der Waals surface area contributed by atoms with Crippen molar-refractivity contribution in [1.29, 1.82) is 0 Å². The van der Waals surface area contributed by atoms with E-state index in [9.17, 15) is 0 Å². The topological polar surface area (TPSA) is 60.4 Å². The van der Waals surface area contributed by atoms with E-state index in [-0.39, 0.29) is 11.9 Å². The molecule has 1 aromatic rings. The first-order chi connectivity index (χ1) is 5.09. The van der Waals surface area contributed by atoms with Crippen molar-refractivity contribution in [3.05, 3.63) is 12.3 Å². The fourth-order valence-electron chi connectivity index (χ4n) is 0.765. The second-order valence-electron chi connectivity index (χ2n) is 2.60. The Balaban J connectivity index is 2.77. The summed E-state index contributed by atoms with van der Waals surface area (Å²) in [5.41, 5.74) is 5.47. The maximum absolute atomic E-state index is 8.97. The fraction of sp³-hybridized carbons (Fsp3) is 0.429. The Morgan fingerprint density at radius 3 is 2.64 bits per heavy atom. The molecule has 0 aliphatic carbocycles. The zero-order chi connectivity index (χ0) is 8.43. The molecule has 0 radical (unpaired) electrons. The van der Waals surface area contributed by atoms with Gasteiger partial charge in [-0.15, -0.1) is 0 Å². The molecule has 0 aromatic carbocycles. The molecule has 0 atom stereocenters. The molecular weight excluding hydrogens is 144 g/mol. The minimum Gasteiger partial charge on any atom is -0.506 e. The summed E-state index contributed by atoms with van der Waals surface area (Å²) >= 11 is 0. The van der Waals surface area contributed by atoms with Crippen molar-refractivity contribution >= 4 is 5.82 Å². The van der Waals surface area contributed by atoms with Crippen LogP contribution in [0.3, 0.4) is 0 Å². The van der Waals surface area contributed by atoms with E-state index in [0.29, 0.717) is 5.82 Å². The van der Waals surface area contributed by atoms with E-state index < -0.39 is 0 Å². The Morgan fingerprint density at radius 1 is 1.64 bits per heavy atom. The summed E-state index contributed by atoms with van der Waals surface area (Å²) in [5, 5.41) is 8.97. The number of hydrogen-bond acceptors (Lipinski definition) is 3. The minimum absolute atomic E-state index is 0.0455. The summed E-state index contributed by atoms with van der Waals surface area (Å²) in [6.45, 7) is 3.77. The average Bonchev–Trinajstić information content (AvgIpc) is 2.09. The molecule has 0 unspecified atom stereocenters. The van der Waals surface area contributed by atoms with Crippen LogP contribution in [0, 0.1) is 0 Å². The Bertz CT molecular complexity index is 243. The molecule has 0 spiro atoms. The molecule has 0 fully saturated rings. The summed E-state index contributed by atoms with van der Waals surface area (Å²) in [5.74, 6) is 0.513. The lowest BCUT2D eigenvalue weighted by Gasteiger charge is -2.10. The van der Waals surface area contributed by atoms with E-state index >= 15 is 0 Å². The standard InChI is InChI=1S/C7H12N2O2/c1-5(2)11-9-4-6(10)3-7(9)8/h3-5,10H,8H2,1-2H3. The molecule has 3 N–H and O–H groups in total. The Kier molecular flexibility index (Phi) is 1.94. The largest absolute Gasteiger partial charge is 0.506 e. The van der Waals surface area contributed by atoms with E-state index in [1.54, 1.807) is 0 Å². The van der Waals surface area contributed by atoms with Gasteiger partial charge in [-0.05, 0) is 13.8 Å². The Morgan fingerprint density at radius 2 is 2.27 bits per heavy atom. The van der Waals surface area contributed by atoms with Crippen LogP contribution >= 0.6 is 0 Å². The third-order valence-corrected chi connectivity index (χ3v) is 1.12. The van der Waals surface area contributed by atoms with Crippen LogP contribution in [0.15, 0.2) is 12.3 Å². The first kappa shape index (κ1) is 7.78. The molecule has 0 amide bonds. The monoisotopic (exact) mass is 156 g/mol. The predicted molar refractivity (Wildman–Crippen MR) is 42.2 cm³/mol. The van der Waals surface area contributed by atoms with Crippen molar-refractivity contribution in [2.75, 3.05) is 5.73 Å². The minimum atomic E-state index is 0.0455. The van der Waals surface area contributed by atoms with Gasteiger partial charge in [-0.2, -0.15) is 4.73 Å². The van der Waals surface area contributed by atoms with Gasteiger partial charge in [0.25, 0.3) is 0 Å². The van der Waals surface area contributed by atoms with Gasteiger partial charge in [0.05, 0.1) is 6.20 Å². The molecule has 0 saturated carbocycles. The molecule has 0 bridgehead atoms. The van der Waals surface area contributed by atoms with Crippen molar-refractivity contribution in [1.82, 2.24) is 4.73 Å². The summed E-state index contributed by atoms with van der Waals surface area (Å²) in [7, 11) is 0. The predicted octanol–water partition coefficient (Wildman–Crippen LogP) is 0.613. The molecule has 1 rings (SSSR count). The van der Waals surface area contributed by atoms with E-state index in [0.717, 1.165) is 0 Å². The van der Waals surface area contributed by atoms with Crippen LogP contribution in [-0.2, 0) is 0 Å². The number of nitrogens with two attached hydrogens (primary N) is 1. The second kappa shape index (κ2) is 2.74. The molecular formula is C7H12N2O2. The van der Waals surface area contributed by atoms with E-state index in [1.165, 1.54) is 17.0 Å². The van der Waals surface area contributed by atoms with E-state index in [1.807, 2.05) is 13.8 Å². The van der Waals surface area contributed by atoms with Gasteiger partial charge in [-0.25, -0.2) is 0 Å². The number of aromatic nitrogens is 1. The maximum atomic E-state index is 8.97. The zero-order valence-corrected chi connectivity index (χ0v) is 6.61. The summed E-state index contributed by atoms with van der Waals surface area (Å²) in [6.07, 6.45) is 1.47. The van der Waals surface area contributed by atoms with Gasteiger partial charge in [-0.1, -0.05) is 0 Å². The lowest BCUT2D eigenvalue weighted by Crippen LogP contribution is -2.19.